The zero-order chi connectivity index (χ0) is 20.5. The summed E-state index contributed by atoms with van der Waals surface area (Å²) < 4.78 is 52.8. The average molecular weight is 431 g/mol. The Morgan fingerprint density at radius 3 is 2.57 bits per heavy atom. The average Bonchev–Trinajstić information content (AvgIpc) is 2.97. The summed E-state index contributed by atoms with van der Waals surface area (Å²) >= 11 is 0. The highest BCUT2D eigenvalue weighted by Crippen LogP contribution is 2.18. The first kappa shape index (κ1) is 20.7. The molecule has 0 fully saturated rings. The summed E-state index contributed by atoms with van der Waals surface area (Å²) in [6.07, 6.45) is 2.59. The summed E-state index contributed by atoms with van der Waals surface area (Å²) in [5.74, 6) is 0.222. The lowest BCUT2D eigenvalue weighted by molar-refractivity contribution is 0.390. The maximum atomic E-state index is 12.6. The Morgan fingerprint density at radius 1 is 1.21 bits per heavy atom. The maximum Gasteiger partial charge on any atom is 0.276 e. The maximum absolute atomic E-state index is 12.6. The van der Waals surface area contributed by atoms with Crippen LogP contribution in [0.25, 0.3) is 5.82 Å². The Labute approximate surface area is 162 Å². The Morgan fingerprint density at radius 2 is 1.96 bits per heavy atom. The number of pyridine rings is 1. The number of aromatic nitrogens is 3. The van der Waals surface area contributed by atoms with Gasteiger partial charge in [0.2, 0.25) is 20.0 Å². The van der Waals surface area contributed by atoms with E-state index >= 15 is 0 Å². The Bertz CT molecular complexity index is 1120. The summed E-state index contributed by atoms with van der Waals surface area (Å²) in [5, 5.41) is 5.72. The molecule has 154 valence electrons. The Balaban J connectivity index is 1.86. The number of hydrogen-bond donors (Lipinski definition) is 3. The largest absolute Gasteiger partial charge is 0.318 e. The minimum absolute atomic E-state index is 0.0139. The second kappa shape index (κ2) is 7.75. The molecule has 0 atom stereocenters. The molecule has 1 aliphatic heterocycles. The van der Waals surface area contributed by atoms with Crippen LogP contribution in [-0.4, -0.2) is 68.8 Å². The zero-order valence-corrected chi connectivity index (χ0v) is 17.1. The van der Waals surface area contributed by atoms with Crippen LogP contribution in [0.5, 0.6) is 0 Å². The van der Waals surface area contributed by atoms with Gasteiger partial charge in [-0.3, -0.25) is 9.89 Å². The zero-order valence-electron chi connectivity index (χ0n) is 15.5. The number of rotatable bonds is 7. The molecule has 0 saturated carbocycles. The molecule has 2 aromatic rings. The highest BCUT2D eigenvalue weighted by molar-refractivity contribution is 7.89. The van der Waals surface area contributed by atoms with Gasteiger partial charge < -0.3 is 5.32 Å². The van der Waals surface area contributed by atoms with Gasteiger partial charge >= 0.3 is 0 Å². The normalized spacial score (nSPS) is 15.5. The van der Waals surface area contributed by atoms with E-state index in [0.717, 1.165) is 6.26 Å². The van der Waals surface area contributed by atoms with E-state index in [1.807, 2.05) is 0 Å². The highest BCUT2D eigenvalue weighted by atomic mass is 32.2. The second-order valence-electron chi connectivity index (χ2n) is 6.41. The minimum atomic E-state index is -3.69. The third kappa shape index (κ3) is 4.17. The number of nitrogens with one attached hydrogen (secondary N) is 3. The van der Waals surface area contributed by atoms with Gasteiger partial charge in [0, 0.05) is 31.4 Å². The molecule has 0 radical (unpaired) electrons. The fourth-order valence-corrected chi connectivity index (χ4v) is 4.66. The number of fused-ring (bicyclic) bond motifs is 1. The summed E-state index contributed by atoms with van der Waals surface area (Å²) in [6, 6.07) is 2.78. The van der Waals surface area contributed by atoms with Crippen molar-refractivity contribution in [3.8, 4) is 5.82 Å². The fourth-order valence-electron chi connectivity index (χ4n) is 2.90. The van der Waals surface area contributed by atoms with E-state index in [0.29, 0.717) is 24.2 Å². The molecule has 3 rings (SSSR count). The first-order chi connectivity index (χ1) is 13.1. The van der Waals surface area contributed by atoms with Crippen molar-refractivity contribution < 1.29 is 16.8 Å². The minimum Gasteiger partial charge on any atom is -0.318 e. The van der Waals surface area contributed by atoms with Gasteiger partial charge in [0.25, 0.3) is 5.56 Å². The highest BCUT2D eigenvalue weighted by Gasteiger charge is 2.28. The van der Waals surface area contributed by atoms with Crippen molar-refractivity contribution in [2.24, 2.45) is 0 Å². The summed E-state index contributed by atoms with van der Waals surface area (Å²) in [6.45, 7) is 1.04. The monoisotopic (exact) mass is 430 g/mol. The molecule has 28 heavy (non-hydrogen) atoms. The summed E-state index contributed by atoms with van der Waals surface area (Å²) in [4.78, 5) is 16.7. The fraction of sp³-hybridized carbons (Fsp3) is 0.467. The lowest BCUT2D eigenvalue weighted by Crippen LogP contribution is -2.36. The Kier molecular flexibility index (Phi) is 5.72. The number of H-pyrrole nitrogens is 1. The first-order valence-corrected chi connectivity index (χ1v) is 11.8. The van der Waals surface area contributed by atoms with Crippen LogP contribution < -0.4 is 15.6 Å². The van der Waals surface area contributed by atoms with Crippen molar-refractivity contribution in [3.63, 3.8) is 0 Å². The van der Waals surface area contributed by atoms with E-state index in [-0.39, 0.29) is 35.9 Å². The molecular weight excluding hydrogens is 408 g/mol. The predicted molar refractivity (Wildman–Crippen MR) is 102 cm³/mol. The molecule has 0 amide bonds. The molecule has 3 N–H and O–H groups in total. The van der Waals surface area contributed by atoms with Gasteiger partial charge in [-0.1, -0.05) is 0 Å². The number of likely N-dealkylation sites (N-methyl/N-ethyl adjacent to an activating group) is 1. The van der Waals surface area contributed by atoms with Crippen LogP contribution in [0, 0.1) is 0 Å². The predicted octanol–water partition coefficient (Wildman–Crippen LogP) is -1.62. The van der Waals surface area contributed by atoms with Crippen molar-refractivity contribution in [1.29, 1.82) is 0 Å². The molecule has 0 saturated heterocycles. The van der Waals surface area contributed by atoms with E-state index in [9.17, 15) is 21.6 Å². The lowest BCUT2D eigenvalue weighted by atomic mass is 10.1. The SMILES string of the molecule is CNCCNS(=O)(=O)c1ccc(-n2[nH]c3c(c2=O)CCN(S(C)(=O)=O)C3)nc1. The van der Waals surface area contributed by atoms with Gasteiger partial charge in [-0.15, -0.1) is 0 Å². The van der Waals surface area contributed by atoms with Crippen LogP contribution in [0.2, 0.25) is 0 Å². The van der Waals surface area contributed by atoms with Gasteiger partial charge in [0.15, 0.2) is 5.82 Å². The van der Waals surface area contributed by atoms with Gasteiger partial charge in [-0.2, -0.15) is 4.31 Å². The van der Waals surface area contributed by atoms with Crippen LogP contribution in [0.15, 0.2) is 28.0 Å². The summed E-state index contributed by atoms with van der Waals surface area (Å²) in [7, 11) is -5.34. The molecule has 11 nitrogen and oxygen atoms in total. The number of aromatic amines is 1. The van der Waals surface area contributed by atoms with E-state index in [4.69, 9.17) is 0 Å². The number of nitrogens with zero attached hydrogens (tertiary/aromatic N) is 3. The van der Waals surface area contributed by atoms with Crippen molar-refractivity contribution in [2.75, 3.05) is 32.9 Å². The lowest BCUT2D eigenvalue weighted by Gasteiger charge is -2.23. The van der Waals surface area contributed by atoms with Crippen LogP contribution >= 0.6 is 0 Å². The number of hydrogen-bond acceptors (Lipinski definition) is 7. The van der Waals surface area contributed by atoms with Gasteiger partial charge in [-0.25, -0.2) is 31.2 Å². The molecule has 0 aliphatic carbocycles. The molecule has 1 aliphatic rings. The smallest absolute Gasteiger partial charge is 0.276 e. The van der Waals surface area contributed by atoms with Crippen molar-refractivity contribution in [2.45, 2.75) is 17.9 Å². The van der Waals surface area contributed by atoms with E-state index in [2.05, 4.69) is 20.1 Å². The second-order valence-corrected chi connectivity index (χ2v) is 10.2. The third-order valence-electron chi connectivity index (χ3n) is 4.41. The molecule has 3 heterocycles. The first-order valence-electron chi connectivity index (χ1n) is 8.52. The Hall–Kier alpha value is -2.06. The molecule has 2 aromatic heterocycles. The van der Waals surface area contributed by atoms with Crippen LogP contribution in [-0.2, 0) is 33.0 Å². The molecule has 0 bridgehead atoms. The van der Waals surface area contributed by atoms with Crippen LogP contribution in [0.1, 0.15) is 11.3 Å². The molecule has 0 unspecified atom stereocenters. The van der Waals surface area contributed by atoms with Crippen molar-refractivity contribution in [3.05, 3.63) is 39.9 Å². The molecular formula is C15H22N6O5S2. The molecule has 0 spiro atoms. The quantitative estimate of drug-likeness (QED) is 0.447. The van der Waals surface area contributed by atoms with E-state index in [1.165, 1.54) is 27.3 Å². The van der Waals surface area contributed by atoms with Crippen LogP contribution in [0.4, 0.5) is 0 Å². The van der Waals surface area contributed by atoms with Crippen molar-refractivity contribution in [1.82, 2.24) is 29.1 Å². The van der Waals surface area contributed by atoms with E-state index in [1.54, 1.807) is 7.05 Å². The van der Waals surface area contributed by atoms with Crippen molar-refractivity contribution >= 4 is 20.0 Å². The molecule has 0 aromatic carbocycles. The third-order valence-corrected chi connectivity index (χ3v) is 7.11. The molecule has 13 heteroatoms. The van der Waals surface area contributed by atoms with E-state index < -0.39 is 20.0 Å². The summed E-state index contributed by atoms with van der Waals surface area (Å²) in [5.41, 5.74) is 0.694. The number of sulfonamides is 2. The van der Waals surface area contributed by atoms with Crippen LogP contribution in [0.3, 0.4) is 0 Å². The van der Waals surface area contributed by atoms with Gasteiger partial charge in [-0.05, 0) is 25.6 Å². The van der Waals surface area contributed by atoms with Gasteiger partial charge in [0.05, 0.1) is 18.5 Å². The standard InChI is InChI=1S/C15H22N6O5S2/c1-16-6-7-18-28(25,26)11-3-4-14(17-9-11)21-15(22)12-5-8-20(27(2,23)24)10-13(12)19-21/h3-4,9,16,18-19H,5-8,10H2,1-2H3. The van der Waals surface area contributed by atoms with Gasteiger partial charge in [0.1, 0.15) is 4.90 Å². The topological polar surface area (TPSA) is 146 Å².